The second kappa shape index (κ2) is 7.10. The first kappa shape index (κ1) is 14.6. The minimum atomic E-state index is -0.481. The number of rotatable bonds is 6. The fourth-order valence-corrected chi connectivity index (χ4v) is 1.80. The zero-order chi connectivity index (χ0) is 13.5. The number of benzene rings is 1. The molecule has 4 heteroatoms. The van der Waals surface area contributed by atoms with Gasteiger partial charge in [0, 0.05) is 18.7 Å². The van der Waals surface area contributed by atoms with Crippen LogP contribution in [0, 0.1) is 23.1 Å². The predicted molar refractivity (Wildman–Crippen MR) is 68.3 cm³/mol. The number of nitriles is 1. The molecule has 1 aromatic carbocycles. The molecule has 0 aliphatic rings. The Bertz CT molecular complexity index is 426. The van der Waals surface area contributed by atoms with Crippen LogP contribution in [0.5, 0.6) is 0 Å². The lowest BCUT2D eigenvalue weighted by atomic mass is 10.1. The molecule has 0 aliphatic carbocycles. The maximum Gasteiger partial charge on any atom is 0.145 e. The SMILES string of the molecule is CC(C)CC(O)CNCc1cccc(C#N)c1F. The summed E-state index contributed by atoms with van der Waals surface area (Å²) >= 11 is 0. The quantitative estimate of drug-likeness (QED) is 0.813. The molecule has 0 bridgehead atoms. The topological polar surface area (TPSA) is 56.0 Å². The Hall–Kier alpha value is -1.44. The van der Waals surface area contributed by atoms with E-state index in [2.05, 4.69) is 5.32 Å². The zero-order valence-corrected chi connectivity index (χ0v) is 10.8. The molecule has 0 aliphatic heterocycles. The van der Waals surface area contributed by atoms with E-state index in [-0.39, 0.29) is 5.56 Å². The van der Waals surface area contributed by atoms with Crippen molar-refractivity contribution in [2.24, 2.45) is 5.92 Å². The lowest BCUT2D eigenvalue weighted by Gasteiger charge is -2.14. The summed E-state index contributed by atoms with van der Waals surface area (Å²) in [6, 6.07) is 6.55. The number of hydrogen-bond acceptors (Lipinski definition) is 3. The Morgan fingerprint density at radius 1 is 1.44 bits per heavy atom. The summed E-state index contributed by atoms with van der Waals surface area (Å²) in [5.74, 6) is -0.0497. The molecule has 0 radical (unpaired) electrons. The van der Waals surface area contributed by atoms with E-state index in [0.717, 1.165) is 0 Å². The van der Waals surface area contributed by atoms with Crippen molar-refractivity contribution in [1.29, 1.82) is 5.26 Å². The first-order valence-electron chi connectivity index (χ1n) is 6.10. The lowest BCUT2D eigenvalue weighted by Crippen LogP contribution is -2.27. The van der Waals surface area contributed by atoms with E-state index >= 15 is 0 Å². The zero-order valence-electron chi connectivity index (χ0n) is 10.8. The van der Waals surface area contributed by atoms with Gasteiger partial charge in [-0.15, -0.1) is 0 Å². The maximum absolute atomic E-state index is 13.7. The Balaban J connectivity index is 2.47. The van der Waals surface area contributed by atoms with Crippen LogP contribution < -0.4 is 5.32 Å². The third-order valence-corrected chi connectivity index (χ3v) is 2.64. The molecule has 1 aromatic rings. The van der Waals surface area contributed by atoms with E-state index in [9.17, 15) is 9.50 Å². The molecule has 2 N–H and O–H groups in total. The van der Waals surface area contributed by atoms with E-state index in [1.807, 2.05) is 19.9 Å². The van der Waals surface area contributed by atoms with Crippen LogP contribution in [0.4, 0.5) is 4.39 Å². The molecule has 0 fully saturated rings. The van der Waals surface area contributed by atoms with Gasteiger partial charge >= 0.3 is 0 Å². The van der Waals surface area contributed by atoms with Crippen LogP contribution in [-0.2, 0) is 6.54 Å². The van der Waals surface area contributed by atoms with Crippen LogP contribution in [-0.4, -0.2) is 17.8 Å². The van der Waals surface area contributed by atoms with Crippen molar-refractivity contribution in [2.75, 3.05) is 6.54 Å². The van der Waals surface area contributed by atoms with Crippen molar-refractivity contribution < 1.29 is 9.50 Å². The molecule has 3 nitrogen and oxygen atoms in total. The fraction of sp³-hybridized carbons (Fsp3) is 0.500. The van der Waals surface area contributed by atoms with Gasteiger partial charge in [-0.3, -0.25) is 0 Å². The van der Waals surface area contributed by atoms with E-state index in [1.54, 1.807) is 12.1 Å². The van der Waals surface area contributed by atoms with Gasteiger partial charge in [-0.05, 0) is 18.4 Å². The highest BCUT2D eigenvalue weighted by molar-refractivity contribution is 5.34. The van der Waals surface area contributed by atoms with Gasteiger partial charge in [0.1, 0.15) is 11.9 Å². The molecule has 1 unspecified atom stereocenters. The first-order chi connectivity index (χ1) is 8.54. The van der Waals surface area contributed by atoms with Gasteiger partial charge in [0.2, 0.25) is 0 Å². The first-order valence-corrected chi connectivity index (χ1v) is 6.10. The molecule has 98 valence electrons. The van der Waals surface area contributed by atoms with Crippen molar-refractivity contribution in [2.45, 2.75) is 32.9 Å². The third-order valence-electron chi connectivity index (χ3n) is 2.64. The standard InChI is InChI=1S/C14H19FN2O/c1-10(2)6-13(18)9-17-8-12-5-3-4-11(7-16)14(12)15/h3-5,10,13,17-18H,6,8-9H2,1-2H3. The summed E-state index contributed by atoms with van der Waals surface area (Å²) < 4.78 is 13.7. The number of aliphatic hydroxyl groups is 1. The fourth-order valence-electron chi connectivity index (χ4n) is 1.80. The highest BCUT2D eigenvalue weighted by Crippen LogP contribution is 2.12. The molecule has 0 spiro atoms. The predicted octanol–water partition coefficient (Wildman–Crippen LogP) is 2.19. The van der Waals surface area contributed by atoms with Crippen LogP contribution in [0.3, 0.4) is 0 Å². The molecule has 1 atom stereocenters. The smallest absolute Gasteiger partial charge is 0.145 e. The normalized spacial score (nSPS) is 12.4. The molecule has 18 heavy (non-hydrogen) atoms. The average molecular weight is 250 g/mol. The number of halogens is 1. The second-order valence-electron chi connectivity index (χ2n) is 4.80. The maximum atomic E-state index is 13.7. The summed E-state index contributed by atoms with van der Waals surface area (Å²) in [5.41, 5.74) is 0.503. The van der Waals surface area contributed by atoms with Crippen molar-refractivity contribution >= 4 is 0 Å². The summed E-state index contributed by atoms with van der Waals surface area (Å²) in [4.78, 5) is 0. The van der Waals surface area contributed by atoms with Crippen LogP contribution in [0.15, 0.2) is 18.2 Å². The van der Waals surface area contributed by atoms with Crippen molar-refractivity contribution in [3.8, 4) is 6.07 Å². The second-order valence-corrected chi connectivity index (χ2v) is 4.80. The van der Waals surface area contributed by atoms with E-state index in [0.29, 0.717) is 31.0 Å². The minimum Gasteiger partial charge on any atom is -0.392 e. The summed E-state index contributed by atoms with van der Waals surface area (Å²) in [6.07, 6.45) is 0.292. The van der Waals surface area contributed by atoms with Crippen LogP contribution in [0.1, 0.15) is 31.4 Å². The van der Waals surface area contributed by atoms with Crippen molar-refractivity contribution in [3.63, 3.8) is 0 Å². The van der Waals surface area contributed by atoms with Gasteiger partial charge in [-0.2, -0.15) is 5.26 Å². The van der Waals surface area contributed by atoms with Gasteiger partial charge in [0.25, 0.3) is 0 Å². The molecular formula is C14H19FN2O. The Kier molecular flexibility index (Phi) is 5.76. The van der Waals surface area contributed by atoms with E-state index in [4.69, 9.17) is 5.26 Å². The molecule has 0 saturated carbocycles. The van der Waals surface area contributed by atoms with Crippen LogP contribution in [0.25, 0.3) is 0 Å². The Morgan fingerprint density at radius 2 is 2.17 bits per heavy atom. The minimum absolute atomic E-state index is 0.0528. The van der Waals surface area contributed by atoms with Crippen LogP contribution >= 0.6 is 0 Å². The molecule has 0 amide bonds. The van der Waals surface area contributed by atoms with Gasteiger partial charge in [-0.25, -0.2) is 4.39 Å². The Labute approximate surface area is 107 Å². The summed E-state index contributed by atoms with van der Waals surface area (Å²) in [7, 11) is 0. The molecule has 1 rings (SSSR count). The van der Waals surface area contributed by atoms with Crippen LogP contribution in [0.2, 0.25) is 0 Å². The number of hydrogen-bond donors (Lipinski definition) is 2. The lowest BCUT2D eigenvalue weighted by molar-refractivity contribution is 0.146. The van der Waals surface area contributed by atoms with E-state index < -0.39 is 11.9 Å². The molecule has 0 heterocycles. The van der Waals surface area contributed by atoms with Crippen molar-refractivity contribution in [3.05, 3.63) is 35.1 Å². The monoisotopic (exact) mass is 250 g/mol. The molecular weight excluding hydrogens is 231 g/mol. The highest BCUT2D eigenvalue weighted by Gasteiger charge is 2.09. The number of nitrogens with zero attached hydrogens (tertiary/aromatic N) is 1. The van der Waals surface area contributed by atoms with Gasteiger partial charge in [0.15, 0.2) is 0 Å². The van der Waals surface area contributed by atoms with Gasteiger partial charge < -0.3 is 10.4 Å². The summed E-state index contributed by atoms with van der Waals surface area (Å²) in [6.45, 7) is 4.82. The molecule has 0 saturated heterocycles. The summed E-state index contributed by atoms with van der Waals surface area (Å²) in [5, 5.41) is 21.4. The van der Waals surface area contributed by atoms with Gasteiger partial charge in [0.05, 0.1) is 11.7 Å². The largest absolute Gasteiger partial charge is 0.392 e. The third kappa shape index (κ3) is 4.44. The average Bonchev–Trinajstić information content (AvgIpc) is 2.30. The number of aliphatic hydroxyl groups excluding tert-OH is 1. The Morgan fingerprint density at radius 3 is 2.78 bits per heavy atom. The van der Waals surface area contributed by atoms with E-state index in [1.165, 1.54) is 6.07 Å². The van der Waals surface area contributed by atoms with Crippen molar-refractivity contribution in [1.82, 2.24) is 5.32 Å². The highest BCUT2D eigenvalue weighted by atomic mass is 19.1. The number of nitrogens with one attached hydrogen (secondary N) is 1. The van der Waals surface area contributed by atoms with Gasteiger partial charge in [-0.1, -0.05) is 26.0 Å². The molecule has 0 aromatic heterocycles.